The molecule has 9 nitrogen and oxygen atoms in total. The molecule has 0 bridgehead atoms. The number of pyridine rings is 1. The number of benzene rings is 1. The lowest BCUT2D eigenvalue weighted by molar-refractivity contribution is -0.130. The van der Waals surface area contributed by atoms with Gasteiger partial charge in [-0.25, -0.2) is 13.4 Å². The van der Waals surface area contributed by atoms with Crippen LogP contribution in [0.5, 0.6) is 0 Å². The molecular formula is C19H21N5O4S. The molecule has 1 N–H and O–H groups in total. The van der Waals surface area contributed by atoms with Gasteiger partial charge in [0.1, 0.15) is 5.52 Å². The minimum Gasteiger partial charge on any atom is -0.404 e. The van der Waals surface area contributed by atoms with E-state index in [1.807, 2.05) is 21.9 Å². The highest BCUT2D eigenvalue weighted by atomic mass is 32.2. The van der Waals surface area contributed by atoms with Crippen LogP contribution in [-0.2, 0) is 21.2 Å². The zero-order chi connectivity index (χ0) is 20.4. The van der Waals surface area contributed by atoms with Gasteiger partial charge in [0.25, 0.3) is 6.01 Å². The van der Waals surface area contributed by atoms with Gasteiger partial charge in [0, 0.05) is 38.1 Å². The first kappa shape index (κ1) is 19.2. The van der Waals surface area contributed by atoms with E-state index >= 15 is 0 Å². The highest BCUT2D eigenvalue weighted by molar-refractivity contribution is 7.92. The Labute approximate surface area is 168 Å². The maximum absolute atomic E-state index is 12.6. The average molecular weight is 415 g/mol. The minimum absolute atomic E-state index is 0.0349. The third kappa shape index (κ3) is 4.65. The molecule has 0 aliphatic carbocycles. The van der Waals surface area contributed by atoms with Crippen molar-refractivity contribution in [3.05, 3.63) is 48.2 Å². The van der Waals surface area contributed by atoms with Crippen LogP contribution in [-0.4, -0.2) is 61.6 Å². The summed E-state index contributed by atoms with van der Waals surface area (Å²) in [5, 5.41) is 0. The van der Waals surface area contributed by atoms with Gasteiger partial charge in [-0.3, -0.25) is 9.52 Å². The molecule has 10 heteroatoms. The molecule has 0 atom stereocenters. The summed E-state index contributed by atoms with van der Waals surface area (Å²) in [6, 6.07) is 11.0. The van der Waals surface area contributed by atoms with Crippen molar-refractivity contribution in [2.75, 3.05) is 42.1 Å². The molecule has 0 saturated carbocycles. The van der Waals surface area contributed by atoms with Gasteiger partial charge in [0.05, 0.1) is 12.7 Å². The average Bonchev–Trinajstić information content (AvgIpc) is 3.13. The third-order valence-electron chi connectivity index (χ3n) is 4.67. The molecule has 1 aliphatic heterocycles. The van der Waals surface area contributed by atoms with Crippen LogP contribution in [0.4, 0.5) is 11.7 Å². The highest BCUT2D eigenvalue weighted by Crippen LogP contribution is 2.21. The van der Waals surface area contributed by atoms with Crippen LogP contribution in [0.3, 0.4) is 0 Å². The largest absolute Gasteiger partial charge is 0.404 e. The van der Waals surface area contributed by atoms with E-state index in [4.69, 9.17) is 4.42 Å². The summed E-state index contributed by atoms with van der Waals surface area (Å²) in [7, 11) is -3.31. The Bertz CT molecular complexity index is 1090. The molecule has 1 saturated heterocycles. The summed E-state index contributed by atoms with van der Waals surface area (Å²) in [4.78, 5) is 25.0. The van der Waals surface area contributed by atoms with Gasteiger partial charge in [0.15, 0.2) is 0 Å². The van der Waals surface area contributed by atoms with E-state index in [0.29, 0.717) is 43.6 Å². The fraction of sp³-hybridized carbons (Fsp3) is 0.316. The molecule has 0 radical (unpaired) electrons. The van der Waals surface area contributed by atoms with Crippen molar-refractivity contribution in [2.45, 2.75) is 6.42 Å². The van der Waals surface area contributed by atoms with Gasteiger partial charge < -0.3 is 14.2 Å². The fourth-order valence-corrected chi connectivity index (χ4v) is 3.80. The number of carbonyl (C=O) groups excluding carboxylic acids is 1. The lowest BCUT2D eigenvalue weighted by atomic mass is 10.1. The second-order valence-electron chi connectivity index (χ2n) is 6.94. The standard InChI is InChI=1S/C19H21N5O4S/c1-29(26,27)22-15-6-4-14(5-7-15)13-17(25)23-9-11-24(12-10-23)19-21-16-3-2-8-20-18(16)28-19/h2-8,22H,9-13H2,1H3. The molecule has 1 fully saturated rings. The number of aromatic nitrogens is 2. The number of sulfonamides is 1. The third-order valence-corrected chi connectivity index (χ3v) is 5.28. The van der Waals surface area contributed by atoms with E-state index in [1.54, 1.807) is 30.5 Å². The van der Waals surface area contributed by atoms with Gasteiger partial charge in [0.2, 0.25) is 21.6 Å². The lowest BCUT2D eigenvalue weighted by Gasteiger charge is -2.33. The number of hydrogen-bond acceptors (Lipinski definition) is 7. The molecule has 4 rings (SSSR count). The summed E-state index contributed by atoms with van der Waals surface area (Å²) in [6.07, 6.45) is 3.03. The second kappa shape index (κ2) is 7.70. The first-order valence-corrected chi connectivity index (χ1v) is 11.1. The topological polar surface area (TPSA) is 109 Å². The number of nitrogens with one attached hydrogen (secondary N) is 1. The Morgan fingerprint density at radius 3 is 2.52 bits per heavy atom. The molecule has 29 heavy (non-hydrogen) atoms. The Balaban J connectivity index is 1.33. The predicted molar refractivity (Wildman–Crippen MR) is 109 cm³/mol. The molecule has 152 valence electrons. The first-order valence-electron chi connectivity index (χ1n) is 9.18. The zero-order valence-corrected chi connectivity index (χ0v) is 16.7. The smallest absolute Gasteiger partial charge is 0.299 e. The Morgan fingerprint density at radius 2 is 1.86 bits per heavy atom. The molecule has 3 aromatic rings. The number of oxazole rings is 1. The second-order valence-corrected chi connectivity index (χ2v) is 8.69. The van der Waals surface area contributed by atoms with Crippen molar-refractivity contribution in [2.24, 2.45) is 0 Å². The van der Waals surface area contributed by atoms with Gasteiger partial charge in [-0.15, -0.1) is 0 Å². The maximum atomic E-state index is 12.6. The van der Waals surface area contributed by atoms with Gasteiger partial charge in [-0.2, -0.15) is 4.98 Å². The summed E-state index contributed by atoms with van der Waals surface area (Å²) >= 11 is 0. The highest BCUT2D eigenvalue weighted by Gasteiger charge is 2.24. The number of carbonyl (C=O) groups is 1. The van der Waals surface area contributed by atoms with Gasteiger partial charge in [-0.05, 0) is 29.8 Å². The summed E-state index contributed by atoms with van der Waals surface area (Å²) in [5.41, 5.74) is 2.54. The quantitative estimate of drug-likeness (QED) is 0.672. The summed E-state index contributed by atoms with van der Waals surface area (Å²) in [6.45, 7) is 2.43. The molecule has 0 unspecified atom stereocenters. The number of anilines is 2. The van der Waals surface area contributed by atoms with Crippen LogP contribution in [0.25, 0.3) is 11.2 Å². The molecule has 0 spiro atoms. The van der Waals surface area contributed by atoms with E-state index in [9.17, 15) is 13.2 Å². The van der Waals surface area contributed by atoms with Crippen LogP contribution in [0.2, 0.25) is 0 Å². The summed E-state index contributed by atoms with van der Waals surface area (Å²) in [5.74, 6) is 0.0349. The van der Waals surface area contributed by atoms with E-state index < -0.39 is 10.0 Å². The van der Waals surface area contributed by atoms with Crippen molar-refractivity contribution in [3.8, 4) is 0 Å². The van der Waals surface area contributed by atoms with E-state index in [2.05, 4.69) is 14.7 Å². The Morgan fingerprint density at radius 1 is 1.14 bits per heavy atom. The van der Waals surface area contributed by atoms with Crippen molar-refractivity contribution in [1.82, 2.24) is 14.9 Å². The first-order chi connectivity index (χ1) is 13.9. The van der Waals surface area contributed by atoms with E-state index in [0.717, 1.165) is 17.3 Å². The van der Waals surface area contributed by atoms with E-state index in [-0.39, 0.29) is 12.3 Å². The fourth-order valence-electron chi connectivity index (χ4n) is 3.23. The number of piperazine rings is 1. The Kier molecular flexibility index (Phi) is 5.10. The van der Waals surface area contributed by atoms with Crippen LogP contribution in [0.15, 0.2) is 47.0 Å². The molecule has 1 amide bonds. The number of nitrogens with zero attached hydrogens (tertiary/aromatic N) is 4. The lowest BCUT2D eigenvalue weighted by Crippen LogP contribution is -2.49. The Hall–Kier alpha value is -3.14. The number of rotatable bonds is 5. The molecule has 1 aliphatic rings. The number of fused-ring (bicyclic) bond motifs is 1. The number of amides is 1. The van der Waals surface area contributed by atoms with Crippen LogP contribution < -0.4 is 9.62 Å². The predicted octanol–water partition coefficient (Wildman–Crippen LogP) is 1.49. The van der Waals surface area contributed by atoms with Crippen molar-refractivity contribution in [1.29, 1.82) is 0 Å². The molecule has 1 aromatic carbocycles. The SMILES string of the molecule is CS(=O)(=O)Nc1ccc(CC(=O)N2CCN(c3nc4cccnc4o3)CC2)cc1. The number of hydrogen-bond donors (Lipinski definition) is 1. The molecule has 3 heterocycles. The maximum Gasteiger partial charge on any atom is 0.299 e. The normalized spacial score (nSPS) is 14.9. The van der Waals surface area contributed by atoms with Crippen LogP contribution in [0, 0.1) is 0 Å². The molecular weight excluding hydrogens is 394 g/mol. The zero-order valence-electron chi connectivity index (χ0n) is 15.9. The van der Waals surface area contributed by atoms with Crippen molar-refractivity contribution < 1.29 is 17.6 Å². The van der Waals surface area contributed by atoms with Crippen LogP contribution in [0.1, 0.15) is 5.56 Å². The van der Waals surface area contributed by atoms with E-state index in [1.165, 1.54) is 0 Å². The monoisotopic (exact) mass is 415 g/mol. The van der Waals surface area contributed by atoms with Crippen molar-refractivity contribution >= 4 is 38.9 Å². The van der Waals surface area contributed by atoms with Gasteiger partial charge >= 0.3 is 0 Å². The van der Waals surface area contributed by atoms with Crippen molar-refractivity contribution in [3.63, 3.8) is 0 Å². The summed E-state index contributed by atoms with van der Waals surface area (Å²) < 4.78 is 30.6. The van der Waals surface area contributed by atoms with Gasteiger partial charge in [-0.1, -0.05) is 12.1 Å². The molecule has 2 aromatic heterocycles. The van der Waals surface area contributed by atoms with Crippen LogP contribution >= 0.6 is 0 Å². The minimum atomic E-state index is -3.31.